The van der Waals surface area contributed by atoms with Crippen LogP contribution in [0.15, 0.2) is 0 Å². The fraction of sp³-hybridized carbons (Fsp3) is 1.00. The predicted octanol–water partition coefficient (Wildman–Crippen LogP) is 2.73. The maximum absolute atomic E-state index is 2.44. The van der Waals surface area contributed by atoms with Gasteiger partial charge in [-0.25, -0.2) is 17.4 Å². The molecule has 0 aliphatic carbocycles. The van der Waals surface area contributed by atoms with Crippen LogP contribution in [0.3, 0.4) is 0 Å². The Morgan fingerprint density at radius 3 is 1.57 bits per heavy atom. The Morgan fingerprint density at radius 2 is 1.57 bits per heavy atom. The molecule has 0 nitrogen and oxygen atoms in total. The highest BCUT2D eigenvalue weighted by molar-refractivity contribution is 6.76. The largest absolute Gasteiger partial charge is 0.204 e. The van der Waals surface area contributed by atoms with E-state index >= 15 is 0 Å². The first-order valence-corrected chi connectivity index (χ1v) is 7.63. The lowest BCUT2D eigenvalue weighted by atomic mass is 10.6. The van der Waals surface area contributed by atoms with E-state index in [0.29, 0.717) is 0 Å². The second-order valence-electron chi connectivity index (χ2n) is 3.75. The summed E-state index contributed by atoms with van der Waals surface area (Å²) in [7, 11) is 0. The normalized spacial score (nSPS) is 12.0. The predicted molar refractivity (Wildman–Crippen MR) is 38.4 cm³/mol. The van der Waals surface area contributed by atoms with Crippen LogP contribution in [0.4, 0.5) is 0 Å². The minimum absolute atomic E-state index is 0.899. The van der Waals surface area contributed by atoms with Crippen LogP contribution < -0.4 is 0 Å². The molecule has 0 saturated carbocycles. The van der Waals surface area contributed by atoms with Crippen molar-refractivity contribution < 1.29 is 0 Å². The third kappa shape index (κ3) is 6.53. The molecule has 0 amide bonds. The summed E-state index contributed by atoms with van der Waals surface area (Å²) in [6.07, 6.45) is 1.38. The lowest BCUT2D eigenvalue weighted by Crippen LogP contribution is -2.17. The molecule has 1 heteroatoms. The van der Waals surface area contributed by atoms with Gasteiger partial charge in [-0.05, 0) is 0 Å². The minimum Gasteiger partial charge on any atom is -0.204 e. The molecule has 44 valence electrons. The topological polar surface area (TPSA) is 0 Å². The van der Waals surface area contributed by atoms with E-state index in [-0.39, 0.29) is 0 Å². The molecule has 7 heavy (non-hydrogen) atoms. The molecule has 0 aliphatic heterocycles. The second-order valence-corrected chi connectivity index (χ2v) is 10.2. The Kier molecular flexibility index (Phi) is 2.96. The van der Waals surface area contributed by atoms with E-state index in [1.807, 2.05) is 0 Å². The molecule has 0 aliphatic rings. The molecule has 0 rings (SSSR count). The fourth-order valence-electron chi connectivity index (χ4n) is 0.866. The maximum atomic E-state index is 2.44. The zero-order valence-corrected chi connectivity index (χ0v) is 7.15. The Bertz CT molecular complexity index is 42.6. The highest BCUT2D eigenvalue weighted by Gasteiger charge is 2.06. The molecule has 0 fully saturated rings. The van der Waals surface area contributed by atoms with Crippen molar-refractivity contribution in [1.29, 1.82) is 0 Å². The maximum Gasteiger partial charge on any atom is 0.124 e. The summed E-state index contributed by atoms with van der Waals surface area (Å²) in [5.41, 5.74) is 0. The van der Waals surface area contributed by atoms with Crippen LogP contribution in [-0.4, -0.2) is 13.1 Å². The molecule has 0 radical (unpaired) electrons. The van der Waals surface area contributed by atoms with Crippen molar-refractivity contribution in [2.45, 2.75) is 36.0 Å². The highest BCUT2D eigenvalue weighted by Crippen LogP contribution is 2.09. The van der Waals surface area contributed by atoms with Crippen LogP contribution in [-0.2, 0) is 0 Å². The van der Waals surface area contributed by atoms with E-state index < -0.39 is 13.1 Å². The van der Waals surface area contributed by atoms with Crippen LogP contribution in [0, 0.1) is 0 Å². The van der Waals surface area contributed by atoms with Gasteiger partial charge in [0.1, 0.15) is 13.1 Å². The molecule has 0 aromatic carbocycles. The Labute approximate surface area is 49.6 Å². The van der Waals surface area contributed by atoms with Crippen LogP contribution in [0.1, 0.15) is 13.3 Å². The van der Waals surface area contributed by atoms with Crippen LogP contribution in [0.5, 0.6) is 0 Å². The van der Waals surface area contributed by atoms with E-state index in [2.05, 4.69) is 24.3 Å². The molecule has 0 N–H and O–H groups in total. The van der Waals surface area contributed by atoms with E-state index in [1.54, 1.807) is 0 Å². The lowest BCUT2D eigenvalue weighted by Gasteiger charge is -2.16. The van der Waals surface area contributed by atoms with Gasteiger partial charge in [-0.2, -0.15) is 5.28 Å². The molecular weight excluding hydrogens is 99.0 g/mol. The van der Waals surface area contributed by atoms with Gasteiger partial charge in [0.15, 0.2) is 0 Å². The molecule has 0 spiro atoms. The summed E-state index contributed by atoms with van der Waals surface area (Å²) in [6, 6.07) is 0. The molecule has 0 bridgehead atoms. The Morgan fingerprint density at radius 1 is 1.14 bits per heavy atom. The number of hydrogen-bond donors (Lipinski definition) is 0. The van der Waals surface area contributed by atoms with Crippen molar-refractivity contribution in [2.75, 3.05) is 0 Å². The molecule has 0 aromatic rings. The molecule has 0 atom stereocenters. The molecule has 0 heterocycles. The van der Waals surface area contributed by atoms with Gasteiger partial charge in [-0.1, -0.05) is 13.3 Å². The van der Waals surface area contributed by atoms with Crippen molar-refractivity contribution in [1.82, 2.24) is 0 Å². The van der Waals surface area contributed by atoms with E-state index in [4.69, 9.17) is 0 Å². The van der Waals surface area contributed by atoms with Crippen molar-refractivity contribution >= 4 is 13.1 Å². The first-order chi connectivity index (χ1) is 3.06. The standard InChI is InChI=1S/C3H7.3CH3.Al/c1-3-2;;;;/h1,3H2,2H3;3*1H3;/q;;;;-1. The van der Waals surface area contributed by atoms with Gasteiger partial charge in [-0.3, -0.25) is 0 Å². The Hall–Kier alpha value is 0.532. The SMILES string of the molecule is CC[CH2][Al-]([CH3])([CH3])[CH3]. The van der Waals surface area contributed by atoms with Crippen molar-refractivity contribution in [3.63, 3.8) is 0 Å². The third-order valence-corrected chi connectivity index (χ3v) is 3.46. The highest BCUT2D eigenvalue weighted by atomic mass is 27.2. The van der Waals surface area contributed by atoms with Gasteiger partial charge in [0.2, 0.25) is 0 Å². The number of hydrogen-bond acceptors (Lipinski definition) is 0. The molecular formula is C6H16Al-. The third-order valence-electron chi connectivity index (χ3n) is 1.15. The van der Waals surface area contributed by atoms with E-state index in [0.717, 1.165) is 0 Å². The molecule has 0 saturated heterocycles. The zero-order valence-electron chi connectivity index (χ0n) is 5.99. The van der Waals surface area contributed by atoms with Gasteiger partial charge in [-0.15, -0.1) is 0 Å². The van der Waals surface area contributed by atoms with Gasteiger partial charge < -0.3 is 0 Å². The second kappa shape index (κ2) is 2.75. The first kappa shape index (κ1) is 7.53. The fourth-order valence-corrected chi connectivity index (χ4v) is 2.60. The smallest absolute Gasteiger partial charge is 0.124 e. The van der Waals surface area contributed by atoms with Crippen LogP contribution in [0.2, 0.25) is 22.6 Å². The zero-order chi connectivity index (χ0) is 5.91. The average Bonchev–Trinajstić information content (AvgIpc) is 1.30. The minimum atomic E-state index is -0.899. The quantitative estimate of drug-likeness (QED) is 0.485. The van der Waals surface area contributed by atoms with Crippen molar-refractivity contribution in [2.24, 2.45) is 0 Å². The number of rotatable bonds is 2. The van der Waals surface area contributed by atoms with Crippen LogP contribution in [0.25, 0.3) is 0 Å². The van der Waals surface area contributed by atoms with Crippen molar-refractivity contribution in [3.05, 3.63) is 0 Å². The monoisotopic (exact) mass is 115 g/mol. The van der Waals surface area contributed by atoms with Crippen LogP contribution >= 0.6 is 0 Å². The summed E-state index contributed by atoms with van der Waals surface area (Å²) < 4.78 is 0. The van der Waals surface area contributed by atoms with Gasteiger partial charge in [0.05, 0.1) is 0 Å². The molecule has 0 aromatic heterocycles. The van der Waals surface area contributed by atoms with Gasteiger partial charge >= 0.3 is 0 Å². The van der Waals surface area contributed by atoms with E-state index in [9.17, 15) is 0 Å². The van der Waals surface area contributed by atoms with Gasteiger partial charge in [0.25, 0.3) is 0 Å². The summed E-state index contributed by atoms with van der Waals surface area (Å²) in [6.45, 7) is 2.27. The first-order valence-electron chi connectivity index (χ1n) is 3.35. The Balaban J connectivity index is 3.15. The van der Waals surface area contributed by atoms with Crippen molar-refractivity contribution in [3.8, 4) is 0 Å². The van der Waals surface area contributed by atoms with Gasteiger partial charge in [0, 0.05) is 0 Å². The summed E-state index contributed by atoms with van der Waals surface area (Å²) in [4.78, 5) is 0. The lowest BCUT2D eigenvalue weighted by molar-refractivity contribution is 1.05. The summed E-state index contributed by atoms with van der Waals surface area (Å²) in [5, 5.41) is 1.51. The van der Waals surface area contributed by atoms with E-state index in [1.165, 1.54) is 11.7 Å². The molecule has 0 unspecified atom stereocenters. The average molecular weight is 115 g/mol. The summed E-state index contributed by atoms with van der Waals surface area (Å²) in [5.74, 6) is 7.32. The summed E-state index contributed by atoms with van der Waals surface area (Å²) >= 11 is -0.899.